The highest BCUT2D eigenvalue weighted by Crippen LogP contribution is 2.39. The van der Waals surface area contributed by atoms with Gasteiger partial charge in [0.05, 0.1) is 6.61 Å². The van der Waals surface area contributed by atoms with Crippen molar-refractivity contribution in [3.8, 4) is 5.75 Å². The number of hydrogen-bond acceptors (Lipinski definition) is 1. The molecule has 1 aliphatic rings. The number of hydrogen-bond donors (Lipinski definition) is 0. The highest BCUT2D eigenvalue weighted by atomic mass is 16.5. The Morgan fingerprint density at radius 1 is 1.10 bits per heavy atom. The van der Waals surface area contributed by atoms with E-state index in [2.05, 4.69) is 75.4 Å². The predicted molar refractivity (Wildman–Crippen MR) is 89.6 cm³/mol. The van der Waals surface area contributed by atoms with Gasteiger partial charge in [-0.2, -0.15) is 0 Å². The predicted octanol–water partition coefficient (Wildman–Crippen LogP) is 5.31. The van der Waals surface area contributed by atoms with Gasteiger partial charge in [0.25, 0.3) is 0 Å². The second-order valence-corrected chi connectivity index (χ2v) is 6.43. The fourth-order valence-corrected chi connectivity index (χ4v) is 2.88. The van der Waals surface area contributed by atoms with Crippen molar-refractivity contribution < 1.29 is 4.74 Å². The minimum Gasteiger partial charge on any atom is -0.493 e. The van der Waals surface area contributed by atoms with Crippen molar-refractivity contribution >= 4 is 11.6 Å². The van der Waals surface area contributed by atoms with Crippen molar-refractivity contribution in [3.05, 3.63) is 65.2 Å². The lowest BCUT2D eigenvalue weighted by molar-refractivity contribution is 0.234. The molecule has 0 atom stereocenters. The molecule has 0 bridgehead atoms. The van der Waals surface area contributed by atoms with Gasteiger partial charge in [-0.3, -0.25) is 0 Å². The summed E-state index contributed by atoms with van der Waals surface area (Å²) in [6.07, 6.45) is 3.32. The second-order valence-electron chi connectivity index (χ2n) is 6.43. The van der Waals surface area contributed by atoms with E-state index < -0.39 is 0 Å². The SMILES string of the molecule is CC(=Cc1ccc2c(c1)C(C)(C)CCO2)c1ccccc1. The number of ether oxygens (including phenoxy) is 1. The molecule has 1 aliphatic heterocycles. The Kier molecular flexibility index (Phi) is 3.59. The van der Waals surface area contributed by atoms with E-state index >= 15 is 0 Å². The van der Waals surface area contributed by atoms with E-state index in [9.17, 15) is 0 Å². The standard InChI is InChI=1S/C20H22O/c1-15(17-7-5-4-6-8-17)13-16-9-10-19-18(14-16)20(2,3)11-12-21-19/h4-10,13-14H,11-12H2,1-3H3. The van der Waals surface area contributed by atoms with Crippen LogP contribution in [0.4, 0.5) is 0 Å². The summed E-state index contributed by atoms with van der Waals surface area (Å²) >= 11 is 0. The summed E-state index contributed by atoms with van der Waals surface area (Å²) in [6, 6.07) is 17.0. The minimum absolute atomic E-state index is 0.193. The maximum Gasteiger partial charge on any atom is 0.123 e. The van der Waals surface area contributed by atoms with Gasteiger partial charge in [-0.15, -0.1) is 0 Å². The first-order valence-corrected chi connectivity index (χ1v) is 7.57. The topological polar surface area (TPSA) is 9.23 Å². The van der Waals surface area contributed by atoms with Crippen LogP contribution in [0, 0.1) is 0 Å². The third kappa shape index (κ3) is 2.87. The second kappa shape index (κ2) is 5.40. The van der Waals surface area contributed by atoms with E-state index in [1.54, 1.807) is 0 Å². The molecule has 2 aromatic carbocycles. The molecule has 0 aliphatic carbocycles. The van der Waals surface area contributed by atoms with Gasteiger partial charge in [-0.05, 0) is 47.6 Å². The van der Waals surface area contributed by atoms with Crippen molar-refractivity contribution in [2.24, 2.45) is 0 Å². The van der Waals surface area contributed by atoms with Crippen LogP contribution < -0.4 is 4.74 Å². The summed E-state index contributed by atoms with van der Waals surface area (Å²) in [5.74, 6) is 1.04. The van der Waals surface area contributed by atoms with Crippen LogP contribution >= 0.6 is 0 Å². The quantitative estimate of drug-likeness (QED) is 0.677. The zero-order valence-electron chi connectivity index (χ0n) is 13.0. The van der Waals surface area contributed by atoms with E-state index in [1.165, 1.54) is 22.3 Å². The van der Waals surface area contributed by atoms with E-state index in [4.69, 9.17) is 4.74 Å². The Morgan fingerprint density at radius 2 is 1.86 bits per heavy atom. The number of benzene rings is 2. The molecule has 3 rings (SSSR count). The van der Waals surface area contributed by atoms with Crippen LogP contribution in [0.15, 0.2) is 48.5 Å². The number of allylic oxidation sites excluding steroid dienone is 1. The monoisotopic (exact) mass is 278 g/mol. The van der Waals surface area contributed by atoms with Crippen LogP contribution in [0.2, 0.25) is 0 Å². The molecule has 0 unspecified atom stereocenters. The fourth-order valence-electron chi connectivity index (χ4n) is 2.88. The van der Waals surface area contributed by atoms with Crippen LogP contribution in [0.5, 0.6) is 5.75 Å². The third-order valence-corrected chi connectivity index (χ3v) is 4.33. The van der Waals surface area contributed by atoms with Crippen LogP contribution in [0.25, 0.3) is 11.6 Å². The summed E-state index contributed by atoms with van der Waals surface area (Å²) in [4.78, 5) is 0. The highest BCUT2D eigenvalue weighted by molar-refractivity contribution is 5.80. The largest absolute Gasteiger partial charge is 0.493 e. The third-order valence-electron chi connectivity index (χ3n) is 4.33. The van der Waals surface area contributed by atoms with Gasteiger partial charge < -0.3 is 4.74 Å². The Balaban J connectivity index is 1.98. The van der Waals surface area contributed by atoms with E-state index in [0.717, 1.165) is 18.8 Å². The lowest BCUT2D eigenvalue weighted by atomic mass is 9.79. The first-order chi connectivity index (χ1) is 10.1. The molecular formula is C20H22O. The maximum atomic E-state index is 5.78. The normalized spacial score (nSPS) is 17.0. The summed E-state index contributed by atoms with van der Waals surface area (Å²) in [5.41, 5.74) is 5.31. The summed E-state index contributed by atoms with van der Waals surface area (Å²) in [6.45, 7) is 7.58. The minimum atomic E-state index is 0.193. The molecule has 0 aromatic heterocycles. The first kappa shape index (κ1) is 13.9. The molecule has 1 heteroatoms. The highest BCUT2D eigenvalue weighted by Gasteiger charge is 2.28. The zero-order valence-corrected chi connectivity index (χ0v) is 13.0. The molecular weight excluding hydrogens is 256 g/mol. The molecule has 21 heavy (non-hydrogen) atoms. The van der Waals surface area contributed by atoms with E-state index in [1.807, 2.05) is 0 Å². The molecule has 0 radical (unpaired) electrons. The summed E-state index contributed by atoms with van der Waals surface area (Å²) < 4.78 is 5.78. The van der Waals surface area contributed by atoms with Gasteiger partial charge >= 0.3 is 0 Å². The zero-order chi connectivity index (χ0) is 14.9. The van der Waals surface area contributed by atoms with Crippen LogP contribution in [-0.4, -0.2) is 6.61 Å². The van der Waals surface area contributed by atoms with Crippen molar-refractivity contribution in [1.82, 2.24) is 0 Å². The molecule has 0 spiro atoms. The van der Waals surface area contributed by atoms with Gasteiger partial charge in [-0.1, -0.05) is 56.3 Å². The van der Waals surface area contributed by atoms with Crippen LogP contribution in [0.3, 0.4) is 0 Å². The number of fused-ring (bicyclic) bond motifs is 1. The summed E-state index contributed by atoms with van der Waals surface area (Å²) in [7, 11) is 0. The lowest BCUT2D eigenvalue weighted by Crippen LogP contribution is -2.26. The van der Waals surface area contributed by atoms with Gasteiger partial charge in [0.1, 0.15) is 5.75 Å². The van der Waals surface area contributed by atoms with Gasteiger partial charge in [0, 0.05) is 5.56 Å². The Hall–Kier alpha value is -2.02. The lowest BCUT2D eigenvalue weighted by Gasteiger charge is -2.32. The molecule has 2 aromatic rings. The maximum absolute atomic E-state index is 5.78. The average Bonchev–Trinajstić information content (AvgIpc) is 2.48. The number of rotatable bonds is 2. The molecule has 0 N–H and O–H groups in total. The molecule has 0 amide bonds. The van der Waals surface area contributed by atoms with Crippen LogP contribution in [0.1, 0.15) is 43.9 Å². The fraction of sp³-hybridized carbons (Fsp3) is 0.300. The molecule has 0 fully saturated rings. The van der Waals surface area contributed by atoms with Gasteiger partial charge in [0.2, 0.25) is 0 Å². The Labute approximate surface area is 127 Å². The molecule has 108 valence electrons. The molecule has 1 heterocycles. The van der Waals surface area contributed by atoms with Crippen molar-refractivity contribution in [1.29, 1.82) is 0 Å². The van der Waals surface area contributed by atoms with E-state index in [0.29, 0.717) is 0 Å². The van der Waals surface area contributed by atoms with Crippen LogP contribution in [-0.2, 0) is 5.41 Å². The summed E-state index contributed by atoms with van der Waals surface area (Å²) in [5, 5.41) is 0. The molecule has 0 saturated carbocycles. The average molecular weight is 278 g/mol. The van der Waals surface area contributed by atoms with Crippen molar-refractivity contribution in [2.75, 3.05) is 6.61 Å². The van der Waals surface area contributed by atoms with Crippen molar-refractivity contribution in [2.45, 2.75) is 32.6 Å². The molecule has 1 nitrogen and oxygen atoms in total. The first-order valence-electron chi connectivity index (χ1n) is 7.57. The van der Waals surface area contributed by atoms with Gasteiger partial charge in [0.15, 0.2) is 0 Å². The van der Waals surface area contributed by atoms with Crippen molar-refractivity contribution in [3.63, 3.8) is 0 Å². The molecule has 0 saturated heterocycles. The smallest absolute Gasteiger partial charge is 0.123 e. The Bertz CT molecular complexity index is 665. The Morgan fingerprint density at radius 3 is 2.62 bits per heavy atom. The van der Waals surface area contributed by atoms with Gasteiger partial charge in [-0.25, -0.2) is 0 Å². The van der Waals surface area contributed by atoms with E-state index in [-0.39, 0.29) is 5.41 Å².